The zero-order chi connectivity index (χ0) is 10.8. The predicted octanol–water partition coefficient (Wildman–Crippen LogP) is 0.221. The van der Waals surface area contributed by atoms with E-state index in [0.29, 0.717) is 13.2 Å². The highest BCUT2D eigenvalue weighted by molar-refractivity contribution is 5.70. The van der Waals surface area contributed by atoms with Gasteiger partial charge in [-0.15, -0.1) is 0 Å². The number of aliphatic hydroxyl groups is 1. The second-order valence-corrected chi connectivity index (χ2v) is 3.73. The Morgan fingerprint density at radius 2 is 2.00 bits per heavy atom. The summed E-state index contributed by atoms with van der Waals surface area (Å²) in [6.07, 6.45) is -0.768. The van der Waals surface area contributed by atoms with Crippen molar-refractivity contribution in [3.63, 3.8) is 0 Å². The molecule has 82 valence electrons. The summed E-state index contributed by atoms with van der Waals surface area (Å²) in [7, 11) is 0. The molecule has 1 aliphatic rings. The van der Waals surface area contributed by atoms with E-state index in [1.807, 2.05) is 0 Å². The van der Waals surface area contributed by atoms with Crippen LogP contribution in [0.2, 0.25) is 0 Å². The van der Waals surface area contributed by atoms with Crippen LogP contribution in [0, 0.1) is 5.92 Å². The molecular formula is C9H16O5. The molecule has 0 aliphatic carbocycles. The number of rotatable bonds is 4. The summed E-state index contributed by atoms with van der Waals surface area (Å²) >= 11 is 0. The molecular weight excluding hydrogens is 188 g/mol. The van der Waals surface area contributed by atoms with E-state index in [-0.39, 0.29) is 6.42 Å². The number of hydrogen-bond acceptors (Lipinski definition) is 4. The van der Waals surface area contributed by atoms with Crippen LogP contribution in [-0.4, -0.2) is 41.3 Å². The van der Waals surface area contributed by atoms with E-state index in [9.17, 15) is 9.90 Å². The lowest BCUT2D eigenvalue weighted by molar-refractivity contribution is -0.172. The molecule has 2 N–H and O–H groups in total. The molecule has 0 spiro atoms. The maximum Gasteiger partial charge on any atom is 0.308 e. The fourth-order valence-corrected chi connectivity index (χ4v) is 1.40. The molecule has 1 aliphatic heterocycles. The van der Waals surface area contributed by atoms with E-state index in [0.717, 1.165) is 0 Å². The molecule has 14 heavy (non-hydrogen) atoms. The number of ether oxygens (including phenoxy) is 2. The lowest BCUT2D eigenvalue weighted by atomic mass is 9.98. The Bertz CT molecular complexity index is 209. The molecule has 1 unspecified atom stereocenters. The van der Waals surface area contributed by atoms with E-state index in [1.165, 1.54) is 6.92 Å². The molecule has 1 fully saturated rings. The predicted molar refractivity (Wildman–Crippen MR) is 47.7 cm³/mol. The van der Waals surface area contributed by atoms with Gasteiger partial charge in [0.25, 0.3) is 0 Å². The highest BCUT2D eigenvalue weighted by Gasteiger charge is 2.36. The molecule has 0 aromatic rings. The molecule has 1 saturated heterocycles. The van der Waals surface area contributed by atoms with Gasteiger partial charge >= 0.3 is 5.97 Å². The largest absolute Gasteiger partial charge is 0.481 e. The van der Waals surface area contributed by atoms with Crippen LogP contribution in [0.1, 0.15) is 20.3 Å². The van der Waals surface area contributed by atoms with Crippen LogP contribution >= 0.6 is 0 Å². The van der Waals surface area contributed by atoms with Crippen LogP contribution in [0.5, 0.6) is 0 Å². The molecule has 0 aromatic carbocycles. The average Bonchev–Trinajstić information content (AvgIpc) is 2.50. The highest BCUT2D eigenvalue weighted by Crippen LogP contribution is 2.26. The van der Waals surface area contributed by atoms with E-state index in [2.05, 4.69) is 0 Å². The number of aliphatic carboxylic acids is 1. The molecule has 0 radical (unpaired) electrons. The topological polar surface area (TPSA) is 76.0 Å². The van der Waals surface area contributed by atoms with E-state index >= 15 is 0 Å². The minimum absolute atomic E-state index is 0.181. The van der Waals surface area contributed by atoms with Crippen molar-refractivity contribution in [2.75, 3.05) is 13.2 Å². The number of hydrogen-bond donors (Lipinski definition) is 2. The molecule has 0 amide bonds. The Morgan fingerprint density at radius 3 is 2.43 bits per heavy atom. The van der Waals surface area contributed by atoms with Crippen molar-refractivity contribution in [1.82, 2.24) is 0 Å². The van der Waals surface area contributed by atoms with Crippen LogP contribution in [0.3, 0.4) is 0 Å². The Kier molecular flexibility index (Phi) is 3.47. The molecule has 0 bridgehead atoms. The first-order valence-electron chi connectivity index (χ1n) is 4.63. The van der Waals surface area contributed by atoms with Gasteiger partial charge in [0.2, 0.25) is 0 Å². The van der Waals surface area contributed by atoms with Crippen molar-refractivity contribution < 1.29 is 24.5 Å². The third-order valence-electron chi connectivity index (χ3n) is 2.44. The standard InChI is InChI=1S/C9H16O5/c1-6(8(11)12)7(10)5-9(2)13-3-4-14-9/h6-7,10H,3-5H2,1-2H3,(H,11,12)/t6?,7-/m1/s1. The molecule has 0 aromatic heterocycles. The summed E-state index contributed by atoms with van der Waals surface area (Å²) in [6, 6.07) is 0. The monoisotopic (exact) mass is 204 g/mol. The van der Waals surface area contributed by atoms with Crippen molar-refractivity contribution in [3.05, 3.63) is 0 Å². The van der Waals surface area contributed by atoms with E-state index in [4.69, 9.17) is 14.6 Å². The summed E-state index contributed by atoms with van der Waals surface area (Å²) in [4.78, 5) is 10.6. The summed E-state index contributed by atoms with van der Waals surface area (Å²) in [6.45, 7) is 4.15. The summed E-state index contributed by atoms with van der Waals surface area (Å²) in [5, 5.41) is 18.2. The maximum absolute atomic E-state index is 10.6. The molecule has 5 heteroatoms. The fraction of sp³-hybridized carbons (Fsp3) is 0.889. The van der Waals surface area contributed by atoms with Gasteiger partial charge in [0, 0.05) is 6.42 Å². The summed E-state index contributed by atoms with van der Waals surface area (Å²) in [5.41, 5.74) is 0. The highest BCUT2D eigenvalue weighted by atomic mass is 16.7. The third kappa shape index (κ3) is 2.67. The first kappa shape index (κ1) is 11.4. The smallest absolute Gasteiger partial charge is 0.308 e. The lowest BCUT2D eigenvalue weighted by Gasteiger charge is -2.26. The zero-order valence-corrected chi connectivity index (χ0v) is 8.40. The number of carboxylic acid groups (broad SMARTS) is 1. The lowest BCUT2D eigenvalue weighted by Crippen LogP contribution is -2.36. The maximum atomic E-state index is 10.6. The zero-order valence-electron chi connectivity index (χ0n) is 8.40. The van der Waals surface area contributed by atoms with Crippen molar-refractivity contribution >= 4 is 5.97 Å². The van der Waals surface area contributed by atoms with Gasteiger partial charge in [-0.1, -0.05) is 0 Å². The number of carboxylic acids is 1. The van der Waals surface area contributed by atoms with Gasteiger partial charge in [-0.05, 0) is 13.8 Å². The van der Waals surface area contributed by atoms with Crippen molar-refractivity contribution in [3.8, 4) is 0 Å². The molecule has 1 rings (SSSR count). The third-order valence-corrected chi connectivity index (χ3v) is 2.44. The van der Waals surface area contributed by atoms with Crippen LogP contribution in [-0.2, 0) is 14.3 Å². The molecule has 1 heterocycles. The summed E-state index contributed by atoms with van der Waals surface area (Å²) in [5.74, 6) is -2.65. The second kappa shape index (κ2) is 4.25. The van der Waals surface area contributed by atoms with E-state index < -0.39 is 23.8 Å². The van der Waals surface area contributed by atoms with Crippen molar-refractivity contribution in [1.29, 1.82) is 0 Å². The van der Waals surface area contributed by atoms with Crippen LogP contribution in [0.25, 0.3) is 0 Å². The van der Waals surface area contributed by atoms with Crippen LogP contribution in [0.4, 0.5) is 0 Å². The van der Waals surface area contributed by atoms with Gasteiger partial charge < -0.3 is 19.7 Å². The van der Waals surface area contributed by atoms with Crippen molar-refractivity contribution in [2.45, 2.75) is 32.2 Å². The second-order valence-electron chi connectivity index (χ2n) is 3.73. The van der Waals surface area contributed by atoms with Gasteiger partial charge in [-0.3, -0.25) is 4.79 Å². The first-order valence-corrected chi connectivity index (χ1v) is 4.63. The van der Waals surface area contributed by atoms with Crippen molar-refractivity contribution in [2.24, 2.45) is 5.92 Å². The first-order chi connectivity index (χ1) is 6.44. The van der Waals surface area contributed by atoms with Gasteiger partial charge in [-0.2, -0.15) is 0 Å². The summed E-state index contributed by atoms with van der Waals surface area (Å²) < 4.78 is 10.5. The Morgan fingerprint density at radius 1 is 1.50 bits per heavy atom. The molecule has 0 saturated carbocycles. The normalized spacial score (nSPS) is 24.5. The minimum atomic E-state index is -1.01. The average molecular weight is 204 g/mol. The minimum Gasteiger partial charge on any atom is -0.481 e. The van der Waals surface area contributed by atoms with E-state index in [1.54, 1.807) is 6.92 Å². The van der Waals surface area contributed by atoms with Gasteiger partial charge in [0.05, 0.1) is 25.2 Å². The SMILES string of the molecule is CC(C(=O)O)[C@H](O)CC1(C)OCCO1. The van der Waals surface area contributed by atoms with Gasteiger partial charge in [0.1, 0.15) is 0 Å². The Balaban J connectivity index is 2.46. The van der Waals surface area contributed by atoms with Crippen LogP contribution < -0.4 is 0 Å². The van der Waals surface area contributed by atoms with Crippen LogP contribution in [0.15, 0.2) is 0 Å². The van der Waals surface area contributed by atoms with Gasteiger partial charge in [-0.25, -0.2) is 0 Å². The Hall–Kier alpha value is -0.650. The number of carbonyl (C=O) groups is 1. The van der Waals surface area contributed by atoms with Gasteiger partial charge in [0.15, 0.2) is 5.79 Å². The Labute approximate surface area is 82.6 Å². The number of aliphatic hydroxyl groups excluding tert-OH is 1. The quantitative estimate of drug-likeness (QED) is 0.685. The molecule has 5 nitrogen and oxygen atoms in total. The molecule has 2 atom stereocenters. The fourth-order valence-electron chi connectivity index (χ4n) is 1.40.